The first-order valence-electron chi connectivity index (χ1n) is 8.79. The zero-order chi connectivity index (χ0) is 19.9. The molecule has 0 saturated carbocycles. The molecule has 0 aliphatic rings. The van der Waals surface area contributed by atoms with E-state index < -0.39 is 0 Å². The maximum atomic E-state index is 12.3. The number of allylic oxidation sites excluding steroid dienone is 1. The first kappa shape index (κ1) is 19.7. The van der Waals surface area contributed by atoms with E-state index >= 15 is 0 Å². The smallest absolute Gasteiger partial charge is 0.234 e. The van der Waals surface area contributed by atoms with E-state index in [4.69, 9.17) is 4.74 Å². The summed E-state index contributed by atoms with van der Waals surface area (Å²) in [6.45, 7) is 6.32. The molecule has 1 amide bonds. The summed E-state index contributed by atoms with van der Waals surface area (Å²) >= 11 is 1.34. The molecule has 0 aliphatic heterocycles. The second-order valence-electron chi connectivity index (χ2n) is 6.09. The van der Waals surface area contributed by atoms with E-state index in [1.165, 1.54) is 11.8 Å². The highest BCUT2D eigenvalue weighted by Gasteiger charge is 2.15. The molecule has 0 atom stereocenters. The highest BCUT2D eigenvalue weighted by Crippen LogP contribution is 2.26. The lowest BCUT2D eigenvalue weighted by Crippen LogP contribution is -2.15. The number of aromatic nitrogens is 3. The van der Waals surface area contributed by atoms with Crippen LogP contribution in [0.25, 0.3) is 11.4 Å². The molecule has 1 N–H and O–H groups in total. The average Bonchev–Trinajstić information content (AvgIpc) is 3.11. The van der Waals surface area contributed by atoms with Crippen LogP contribution < -0.4 is 10.1 Å². The van der Waals surface area contributed by atoms with Crippen molar-refractivity contribution in [3.63, 3.8) is 0 Å². The number of methoxy groups -OCH3 is 1. The summed E-state index contributed by atoms with van der Waals surface area (Å²) in [5, 5.41) is 12.2. The van der Waals surface area contributed by atoms with Gasteiger partial charge in [-0.05, 0) is 30.7 Å². The number of ether oxygens (including phenoxy) is 1. The normalized spacial score (nSPS) is 10.5. The predicted octanol–water partition coefficient (Wildman–Crippen LogP) is 4.18. The molecule has 0 spiro atoms. The van der Waals surface area contributed by atoms with Crippen molar-refractivity contribution in [2.75, 3.05) is 18.2 Å². The van der Waals surface area contributed by atoms with Crippen LogP contribution >= 0.6 is 11.8 Å². The summed E-state index contributed by atoms with van der Waals surface area (Å²) in [7, 11) is 1.63. The number of nitrogens with zero attached hydrogens (tertiary/aromatic N) is 3. The van der Waals surface area contributed by atoms with Crippen LogP contribution in [0.1, 0.15) is 5.56 Å². The largest absolute Gasteiger partial charge is 0.497 e. The fourth-order valence-electron chi connectivity index (χ4n) is 2.69. The van der Waals surface area contributed by atoms with Gasteiger partial charge in [-0.3, -0.25) is 9.36 Å². The summed E-state index contributed by atoms with van der Waals surface area (Å²) < 4.78 is 7.23. The van der Waals surface area contributed by atoms with Crippen LogP contribution in [0.3, 0.4) is 0 Å². The van der Waals surface area contributed by atoms with E-state index in [-0.39, 0.29) is 11.7 Å². The number of thioether (sulfide) groups is 1. The quantitative estimate of drug-likeness (QED) is 0.458. The van der Waals surface area contributed by atoms with Crippen LogP contribution in [-0.4, -0.2) is 33.5 Å². The Bertz CT molecular complexity index is 984. The van der Waals surface area contributed by atoms with Crippen molar-refractivity contribution in [1.29, 1.82) is 0 Å². The molecule has 0 bridgehead atoms. The van der Waals surface area contributed by atoms with E-state index in [0.29, 0.717) is 17.5 Å². The Balaban J connectivity index is 1.75. The van der Waals surface area contributed by atoms with Crippen LogP contribution in [0.2, 0.25) is 0 Å². The Morgan fingerprint density at radius 1 is 1.25 bits per heavy atom. The van der Waals surface area contributed by atoms with E-state index in [9.17, 15) is 4.79 Å². The molecule has 3 rings (SSSR count). The Labute approximate surface area is 168 Å². The maximum Gasteiger partial charge on any atom is 0.234 e. The van der Waals surface area contributed by atoms with Gasteiger partial charge < -0.3 is 10.1 Å². The lowest BCUT2D eigenvalue weighted by atomic mass is 10.2. The predicted molar refractivity (Wildman–Crippen MR) is 113 cm³/mol. The zero-order valence-electron chi connectivity index (χ0n) is 15.9. The summed E-state index contributed by atoms with van der Waals surface area (Å²) in [5.74, 6) is 1.61. The summed E-state index contributed by atoms with van der Waals surface area (Å²) in [6, 6.07) is 15.3. The maximum absolute atomic E-state index is 12.3. The number of para-hydroxylation sites is 1. The fourth-order valence-corrected chi connectivity index (χ4v) is 3.44. The Hall–Kier alpha value is -3.06. The second-order valence-corrected chi connectivity index (χ2v) is 7.03. The third-order valence-corrected chi connectivity index (χ3v) is 5.07. The van der Waals surface area contributed by atoms with Crippen LogP contribution in [-0.2, 0) is 11.3 Å². The Morgan fingerprint density at radius 2 is 2.07 bits per heavy atom. The summed E-state index contributed by atoms with van der Waals surface area (Å²) in [5.41, 5.74) is 2.73. The average molecular weight is 395 g/mol. The van der Waals surface area contributed by atoms with Crippen LogP contribution in [0, 0.1) is 6.92 Å². The summed E-state index contributed by atoms with van der Waals surface area (Å²) in [6.07, 6.45) is 1.78. The number of carbonyl (C=O) groups excluding carboxylic acids is 1. The van der Waals surface area contributed by atoms with Gasteiger partial charge in [0.2, 0.25) is 5.91 Å². The molecule has 144 valence electrons. The van der Waals surface area contributed by atoms with Gasteiger partial charge in [-0.25, -0.2) is 0 Å². The molecule has 2 aromatic carbocycles. The molecular formula is C21H22N4O2S. The van der Waals surface area contributed by atoms with Crippen LogP contribution in [0.15, 0.2) is 66.3 Å². The standard InChI is InChI=1S/C21H22N4O2S/c1-4-12-25-20(16-9-7-10-17(13-16)27-3)23-24-21(25)28-14-19(26)22-18-11-6-5-8-15(18)2/h4-11,13H,1,12,14H2,2-3H3,(H,22,26). The highest BCUT2D eigenvalue weighted by atomic mass is 32.2. The second kappa shape index (κ2) is 9.23. The van der Waals surface area contributed by atoms with Gasteiger partial charge in [0, 0.05) is 17.8 Å². The molecule has 1 aromatic heterocycles. The Morgan fingerprint density at radius 3 is 2.82 bits per heavy atom. The van der Waals surface area contributed by atoms with Crippen LogP contribution in [0.4, 0.5) is 5.69 Å². The SMILES string of the molecule is C=CCn1c(SCC(=O)Nc2ccccc2C)nnc1-c1cccc(OC)c1. The zero-order valence-corrected chi connectivity index (χ0v) is 16.7. The number of hydrogen-bond acceptors (Lipinski definition) is 5. The van der Waals surface area contributed by atoms with E-state index in [0.717, 1.165) is 22.6 Å². The number of hydrogen-bond donors (Lipinski definition) is 1. The fraction of sp³-hybridized carbons (Fsp3) is 0.190. The van der Waals surface area contributed by atoms with Crippen molar-refractivity contribution in [3.05, 3.63) is 66.7 Å². The van der Waals surface area contributed by atoms with Gasteiger partial charge in [0.1, 0.15) is 5.75 Å². The Kier molecular flexibility index (Phi) is 6.49. The summed E-state index contributed by atoms with van der Waals surface area (Å²) in [4.78, 5) is 12.3. The van der Waals surface area contributed by atoms with Gasteiger partial charge in [-0.2, -0.15) is 0 Å². The minimum Gasteiger partial charge on any atom is -0.497 e. The van der Waals surface area contributed by atoms with Gasteiger partial charge in [0.05, 0.1) is 12.9 Å². The lowest BCUT2D eigenvalue weighted by Gasteiger charge is -2.10. The van der Waals surface area contributed by atoms with E-state index in [1.54, 1.807) is 13.2 Å². The van der Waals surface area contributed by atoms with Crippen molar-refractivity contribution in [1.82, 2.24) is 14.8 Å². The molecular weight excluding hydrogens is 372 g/mol. The van der Waals surface area contributed by atoms with Gasteiger partial charge in [-0.1, -0.05) is 48.2 Å². The minimum absolute atomic E-state index is 0.0876. The van der Waals surface area contributed by atoms with Crippen molar-refractivity contribution in [2.24, 2.45) is 0 Å². The molecule has 3 aromatic rings. The number of aryl methyl sites for hydroxylation is 1. The number of rotatable bonds is 8. The number of nitrogens with one attached hydrogen (secondary N) is 1. The molecule has 28 heavy (non-hydrogen) atoms. The first-order valence-corrected chi connectivity index (χ1v) is 9.77. The minimum atomic E-state index is -0.0876. The molecule has 7 heteroatoms. The number of benzene rings is 2. The number of anilines is 1. The van der Waals surface area contributed by atoms with Gasteiger partial charge in [0.15, 0.2) is 11.0 Å². The van der Waals surface area contributed by atoms with Crippen molar-refractivity contribution >= 4 is 23.4 Å². The molecule has 0 radical (unpaired) electrons. The van der Waals surface area contributed by atoms with Crippen LogP contribution in [0.5, 0.6) is 5.75 Å². The molecule has 1 heterocycles. The topological polar surface area (TPSA) is 69.0 Å². The van der Waals surface area contributed by atoms with Gasteiger partial charge in [-0.15, -0.1) is 16.8 Å². The first-order chi connectivity index (χ1) is 13.6. The molecule has 0 fully saturated rings. The third-order valence-electron chi connectivity index (χ3n) is 4.11. The third kappa shape index (κ3) is 4.61. The van der Waals surface area contributed by atoms with Crippen molar-refractivity contribution < 1.29 is 9.53 Å². The number of amides is 1. The molecule has 6 nitrogen and oxygen atoms in total. The van der Waals surface area contributed by atoms with Gasteiger partial charge in [0.25, 0.3) is 0 Å². The molecule has 0 unspecified atom stereocenters. The van der Waals surface area contributed by atoms with Crippen molar-refractivity contribution in [2.45, 2.75) is 18.6 Å². The van der Waals surface area contributed by atoms with Crippen molar-refractivity contribution in [3.8, 4) is 17.1 Å². The lowest BCUT2D eigenvalue weighted by molar-refractivity contribution is -0.113. The van der Waals surface area contributed by atoms with Gasteiger partial charge >= 0.3 is 0 Å². The van der Waals surface area contributed by atoms with E-state index in [1.807, 2.05) is 60.0 Å². The highest BCUT2D eigenvalue weighted by molar-refractivity contribution is 7.99. The van der Waals surface area contributed by atoms with E-state index in [2.05, 4.69) is 22.1 Å². The monoisotopic (exact) mass is 394 g/mol. The molecule has 0 saturated heterocycles. The molecule has 0 aliphatic carbocycles. The number of carbonyl (C=O) groups is 1.